The lowest BCUT2D eigenvalue weighted by Gasteiger charge is -2.07. The molecular weight excluding hydrogens is 422 g/mol. The number of thiophene rings is 1. The van der Waals surface area contributed by atoms with Crippen LogP contribution in [0.15, 0.2) is 33.9 Å². The number of hydrogen-bond acceptors (Lipinski definition) is 8. The van der Waals surface area contributed by atoms with E-state index in [0.29, 0.717) is 28.3 Å². The zero-order valence-electron chi connectivity index (χ0n) is 16.7. The molecule has 0 saturated heterocycles. The number of carbonyl (C=O) groups is 2. The van der Waals surface area contributed by atoms with Crippen LogP contribution in [-0.2, 0) is 22.4 Å². The standard InChI is InChI=1S/C21H21N3O4S2/c1-3-27-20(26)17-14-5-4-6-15(14)30-19(17)22-16(25)11-29-21-24-23-18(28-21)13-9-7-12(2)8-10-13/h7-10H,3-6,11H2,1-2H3,(H,22,25). The lowest BCUT2D eigenvalue weighted by Crippen LogP contribution is -2.16. The second-order valence-electron chi connectivity index (χ2n) is 6.86. The van der Waals surface area contributed by atoms with Crippen LogP contribution in [0.5, 0.6) is 0 Å². The molecule has 0 atom stereocenters. The van der Waals surface area contributed by atoms with E-state index < -0.39 is 0 Å². The van der Waals surface area contributed by atoms with Gasteiger partial charge < -0.3 is 14.5 Å². The van der Waals surface area contributed by atoms with Gasteiger partial charge in [0.2, 0.25) is 11.8 Å². The predicted molar refractivity (Wildman–Crippen MR) is 116 cm³/mol. The normalized spacial score (nSPS) is 12.6. The number of ether oxygens (including phenoxy) is 1. The van der Waals surface area contributed by atoms with Crippen LogP contribution in [0, 0.1) is 6.92 Å². The molecule has 1 aliphatic rings. The van der Waals surface area contributed by atoms with Crippen LogP contribution in [-0.4, -0.2) is 34.4 Å². The van der Waals surface area contributed by atoms with Crippen LogP contribution in [0.25, 0.3) is 11.5 Å². The highest BCUT2D eigenvalue weighted by atomic mass is 32.2. The average Bonchev–Trinajstić information content (AvgIpc) is 3.43. The van der Waals surface area contributed by atoms with Crippen molar-refractivity contribution in [3.63, 3.8) is 0 Å². The molecule has 1 aliphatic carbocycles. The number of nitrogens with zero attached hydrogens (tertiary/aromatic N) is 2. The number of amides is 1. The van der Waals surface area contributed by atoms with E-state index in [2.05, 4.69) is 15.5 Å². The predicted octanol–water partition coefficient (Wildman–Crippen LogP) is 4.50. The molecule has 156 valence electrons. The van der Waals surface area contributed by atoms with Crippen molar-refractivity contribution in [3.05, 3.63) is 45.8 Å². The van der Waals surface area contributed by atoms with E-state index in [1.165, 1.54) is 11.3 Å². The molecule has 9 heteroatoms. The van der Waals surface area contributed by atoms with Crippen LogP contribution >= 0.6 is 23.1 Å². The van der Waals surface area contributed by atoms with E-state index in [4.69, 9.17) is 9.15 Å². The Kier molecular flexibility index (Phi) is 6.19. The summed E-state index contributed by atoms with van der Waals surface area (Å²) in [7, 11) is 0. The molecule has 0 bridgehead atoms. The summed E-state index contributed by atoms with van der Waals surface area (Å²) in [5.41, 5.74) is 3.50. The minimum absolute atomic E-state index is 0.0976. The fraction of sp³-hybridized carbons (Fsp3) is 0.333. The second kappa shape index (κ2) is 9.01. The molecule has 0 unspecified atom stereocenters. The average molecular weight is 444 g/mol. The van der Waals surface area contributed by atoms with Crippen LogP contribution in [0.1, 0.15) is 39.7 Å². The lowest BCUT2D eigenvalue weighted by molar-refractivity contribution is -0.113. The van der Waals surface area contributed by atoms with Gasteiger partial charge in [0, 0.05) is 10.4 Å². The minimum atomic E-state index is -0.375. The molecule has 2 heterocycles. The number of thioether (sulfide) groups is 1. The number of rotatable bonds is 7. The molecule has 0 fully saturated rings. The molecule has 1 amide bonds. The molecule has 1 N–H and O–H groups in total. The Hall–Kier alpha value is -2.65. The smallest absolute Gasteiger partial charge is 0.341 e. The first-order valence-corrected chi connectivity index (χ1v) is 11.5. The molecule has 4 rings (SSSR count). The number of aryl methyl sites for hydroxylation is 2. The third-order valence-corrected chi connectivity index (χ3v) is 6.71. The quantitative estimate of drug-likeness (QED) is 0.424. The van der Waals surface area contributed by atoms with Crippen molar-refractivity contribution in [2.75, 3.05) is 17.7 Å². The van der Waals surface area contributed by atoms with Crippen molar-refractivity contribution in [3.8, 4) is 11.5 Å². The Morgan fingerprint density at radius 2 is 2.03 bits per heavy atom. The van der Waals surface area contributed by atoms with Crippen molar-refractivity contribution in [1.29, 1.82) is 0 Å². The van der Waals surface area contributed by atoms with Gasteiger partial charge in [-0.1, -0.05) is 29.5 Å². The summed E-state index contributed by atoms with van der Waals surface area (Å²) >= 11 is 2.62. The van der Waals surface area contributed by atoms with Crippen LogP contribution in [0.3, 0.4) is 0 Å². The highest BCUT2D eigenvalue weighted by Crippen LogP contribution is 2.39. The van der Waals surface area contributed by atoms with Crippen LogP contribution in [0.4, 0.5) is 5.00 Å². The first kappa shape index (κ1) is 20.6. The Labute approximate surface area is 182 Å². The molecule has 0 saturated carbocycles. The van der Waals surface area contributed by atoms with Crippen molar-refractivity contribution in [2.24, 2.45) is 0 Å². The van der Waals surface area contributed by atoms with Crippen LogP contribution < -0.4 is 5.32 Å². The highest BCUT2D eigenvalue weighted by Gasteiger charge is 2.28. The fourth-order valence-corrected chi connectivity index (χ4v) is 5.14. The zero-order valence-corrected chi connectivity index (χ0v) is 18.3. The number of nitrogens with one attached hydrogen (secondary N) is 1. The van der Waals surface area contributed by atoms with Crippen molar-refractivity contribution in [2.45, 2.75) is 38.3 Å². The number of carbonyl (C=O) groups excluding carboxylic acids is 2. The number of fused-ring (bicyclic) bond motifs is 1. The Bertz CT molecular complexity index is 1070. The van der Waals surface area contributed by atoms with E-state index in [-0.39, 0.29) is 17.6 Å². The Balaban J connectivity index is 1.40. The van der Waals surface area contributed by atoms with Gasteiger partial charge in [0.25, 0.3) is 5.22 Å². The van der Waals surface area contributed by atoms with Gasteiger partial charge in [-0.3, -0.25) is 4.79 Å². The Morgan fingerprint density at radius 3 is 2.80 bits per heavy atom. The Morgan fingerprint density at radius 1 is 1.23 bits per heavy atom. The van der Waals surface area contributed by atoms with Crippen molar-refractivity contribution in [1.82, 2.24) is 10.2 Å². The molecule has 7 nitrogen and oxygen atoms in total. The number of esters is 1. The van der Waals surface area contributed by atoms with E-state index in [9.17, 15) is 9.59 Å². The molecule has 1 aromatic carbocycles. The van der Waals surface area contributed by atoms with Gasteiger partial charge >= 0.3 is 5.97 Å². The molecule has 0 aliphatic heterocycles. The number of aromatic nitrogens is 2. The fourth-order valence-electron chi connectivity index (χ4n) is 3.28. The van der Waals surface area contributed by atoms with Gasteiger partial charge in [-0.05, 0) is 50.8 Å². The first-order valence-electron chi connectivity index (χ1n) is 9.70. The van der Waals surface area contributed by atoms with Gasteiger partial charge in [0.05, 0.1) is 17.9 Å². The summed E-state index contributed by atoms with van der Waals surface area (Å²) in [5.74, 6) is -0.0994. The molecular formula is C21H21N3O4S2. The lowest BCUT2D eigenvalue weighted by atomic mass is 10.1. The van der Waals surface area contributed by atoms with Gasteiger partial charge in [-0.2, -0.15) is 0 Å². The topological polar surface area (TPSA) is 94.3 Å². The number of anilines is 1. The summed E-state index contributed by atoms with van der Waals surface area (Å²) in [6.07, 6.45) is 2.80. The summed E-state index contributed by atoms with van der Waals surface area (Å²) in [4.78, 5) is 26.0. The summed E-state index contributed by atoms with van der Waals surface area (Å²) < 4.78 is 10.8. The number of hydrogen-bond donors (Lipinski definition) is 1. The van der Waals surface area contributed by atoms with Gasteiger partial charge in [-0.25, -0.2) is 4.79 Å². The zero-order chi connectivity index (χ0) is 21.1. The van der Waals surface area contributed by atoms with E-state index in [0.717, 1.165) is 52.6 Å². The highest BCUT2D eigenvalue weighted by molar-refractivity contribution is 7.99. The van der Waals surface area contributed by atoms with E-state index in [1.54, 1.807) is 6.92 Å². The van der Waals surface area contributed by atoms with Gasteiger partial charge in [0.1, 0.15) is 5.00 Å². The van der Waals surface area contributed by atoms with Crippen molar-refractivity contribution < 1.29 is 18.7 Å². The summed E-state index contributed by atoms with van der Waals surface area (Å²) in [6.45, 7) is 4.08. The molecule has 0 spiro atoms. The summed E-state index contributed by atoms with van der Waals surface area (Å²) in [5, 5.41) is 11.8. The summed E-state index contributed by atoms with van der Waals surface area (Å²) in [6, 6.07) is 7.77. The third kappa shape index (κ3) is 4.41. The second-order valence-corrected chi connectivity index (χ2v) is 8.89. The SMILES string of the molecule is CCOC(=O)c1c(NC(=O)CSc2nnc(-c3ccc(C)cc3)o2)sc2c1CCC2. The minimum Gasteiger partial charge on any atom is -0.462 e. The van der Waals surface area contributed by atoms with Gasteiger partial charge in [0.15, 0.2) is 0 Å². The molecule has 3 aromatic rings. The van der Waals surface area contributed by atoms with E-state index in [1.807, 2.05) is 31.2 Å². The number of benzene rings is 1. The monoisotopic (exact) mass is 443 g/mol. The van der Waals surface area contributed by atoms with Crippen molar-refractivity contribution >= 4 is 40.0 Å². The molecule has 2 aromatic heterocycles. The first-order chi connectivity index (χ1) is 14.5. The van der Waals surface area contributed by atoms with Crippen LogP contribution in [0.2, 0.25) is 0 Å². The third-order valence-electron chi connectivity index (χ3n) is 4.69. The van der Waals surface area contributed by atoms with Gasteiger partial charge in [-0.15, -0.1) is 21.5 Å². The maximum absolute atomic E-state index is 12.5. The molecule has 0 radical (unpaired) electrons. The maximum Gasteiger partial charge on any atom is 0.341 e. The largest absolute Gasteiger partial charge is 0.462 e. The maximum atomic E-state index is 12.5. The molecule has 30 heavy (non-hydrogen) atoms. The van der Waals surface area contributed by atoms with E-state index >= 15 is 0 Å².